The minimum Gasteiger partial charge on any atom is -0.506 e. The van der Waals surface area contributed by atoms with Crippen LogP contribution in [-0.2, 0) is 19.3 Å². The van der Waals surface area contributed by atoms with Crippen molar-refractivity contribution in [1.29, 1.82) is 0 Å². The number of aliphatic hydroxyl groups excluding tert-OH is 1. The molecule has 3 rings (SSSR count). The van der Waals surface area contributed by atoms with E-state index in [0.29, 0.717) is 34.7 Å². The monoisotopic (exact) mass is 375 g/mol. The van der Waals surface area contributed by atoms with Crippen LogP contribution >= 0.6 is 0 Å². The van der Waals surface area contributed by atoms with Gasteiger partial charge in [-0.2, -0.15) is 4.36 Å². The van der Waals surface area contributed by atoms with Gasteiger partial charge in [-0.3, -0.25) is 9.59 Å². The van der Waals surface area contributed by atoms with Gasteiger partial charge in [-0.15, -0.1) is 0 Å². The molecule has 1 aliphatic carbocycles. The van der Waals surface area contributed by atoms with Crippen molar-refractivity contribution in [2.24, 2.45) is 4.36 Å². The Morgan fingerprint density at radius 2 is 1.62 bits per heavy atom. The number of hydrogen-bond donors (Lipinski definition) is 1. The zero-order valence-electron chi connectivity index (χ0n) is 15.3. The summed E-state index contributed by atoms with van der Waals surface area (Å²) in [6.07, 6.45) is 4.00. The van der Waals surface area contributed by atoms with Crippen LogP contribution in [0.25, 0.3) is 5.76 Å². The standard InChI is InChI=1S/C20H25NO4S/c1-13-9-10-15(20(24)18-16(22)7-6-8-17(18)23)14(2)19(13)21-26(25)11-4-3-5-12-26/h9-10,24H,3-8,11-12H2,1-2H3. The molecule has 140 valence electrons. The molecule has 0 spiro atoms. The van der Waals surface area contributed by atoms with Gasteiger partial charge in [-0.1, -0.05) is 18.6 Å². The van der Waals surface area contributed by atoms with E-state index < -0.39 is 9.73 Å². The van der Waals surface area contributed by atoms with Gasteiger partial charge in [0.15, 0.2) is 11.6 Å². The molecule has 1 saturated heterocycles. The summed E-state index contributed by atoms with van der Waals surface area (Å²) in [5, 5.41) is 10.7. The molecule has 1 saturated carbocycles. The molecule has 6 heteroatoms. The maximum atomic E-state index is 13.0. The van der Waals surface area contributed by atoms with E-state index in [1.165, 1.54) is 0 Å². The first-order valence-corrected chi connectivity index (χ1v) is 11.0. The maximum Gasteiger partial charge on any atom is 0.170 e. The van der Waals surface area contributed by atoms with E-state index in [0.717, 1.165) is 24.8 Å². The Kier molecular flexibility index (Phi) is 5.32. The Balaban J connectivity index is 2.14. The van der Waals surface area contributed by atoms with Gasteiger partial charge in [0, 0.05) is 29.9 Å². The largest absolute Gasteiger partial charge is 0.506 e. The van der Waals surface area contributed by atoms with E-state index >= 15 is 0 Å². The summed E-state index contributed by atoms with van der Waals surface area (Å²) in [7, 11) is -2.28. The highest BCUT2D eigenvalue weighted by molar-refractivity contribution is 7.93. The first-order valence-electron chi connectivity index (χ1n) is 9.15. The summed E-state index contributed by atoms with van der Waals surface area (Å²) in [6.45, 7) is 3.68. The summed E-state index contributed by atoms with van der Waals surface area (Å²) in [5.74, 6) is 0.304. The second kappa shape index (κ2) is 7.35. The number of rotatable bonds is 2. The number of aliphatic hydroxyl groups is 1. The fourth-order valence-electron chi connectivity index (χ4n) is 3.64. The number of carbonyl (C=O) groups is 2. The molecule has 26 heavy (non-hydrogen) atoms. The minimum atomic E-state index is -2.28. The fraction of sp³-hybridized carbons (Fsp3) is 0.500. The number of nitrogens with zero attached hydrogens (tertiary/aromatic N) is 1. The average molecular weight is 375 g/mol. The van der Waals surface area contributed by atoms with Crippen LogP contribution in [0.2, 0.25) is 0 Å². The second-order valence-corrected chi connectivity index (χ2v) is 9.70. The number of allylic oxidation sites excluding steroid dienone is 1. The molecule has 0 amide bonds. The van der Waals surface area contributed by atoms with Crippen LogP contribution in [0.4, 0.5) is 5.69 Å². The van der Waals surface area contributed by atoms with Crippen molar-refractivity contribution in [3.05, 3.63) is 34.4 Å². The summed E-state index contributed by atoms with van der Waals surface area (Å²) in [5.41, 5.74) is 2.47. The van der Waals surface area contributed by atoms with E-state index in [4.69, 9.17) is 0 Å². The molecule has 0 aromatic heterocycles. The van der Waals surface area contributed by atoms with E-state index in [2.05, 4.69) is 4.36 Å². The predicted octanol–water partition coefficient (Wildman–Crippen LogP) is 4.18. The van der Waals surface area contributed by atoms with Crippen LogP contribution in [0.15, 0.2) is 22.1 Å². The SMILES string of the molecule is Cc1ccc(C(O)=C2C(=O)CCCC2=O)c(C)c1N=S1(=O)CCCCC1. The summed E-state index contributed by atoms with van der Waals surface area (Å²) < 4.78 is 17.6. The highest BCUT2D eigenvalue weighted by Crippen LogP contribution is 2.34. The third-order valence-corrected chi connectivity index (χ3v) is 7.54. The van der Waals surface area contributed by atoms with Gasteiger partial charge in [0.25, 0.3) is 0 Å². The average Bonchev–Trinajstić information content (AvgIpc) is 2.59. The van der Waals surface area contributed by atoms with Crippen molar-refractivity contribution in [3.8, 4) is 0 Å². The molecule has 1 aromatic carbocycles. The lowest BCUT2D eigenvalue weighted by Gasteiger charge is -2.19. The van der Waals surface area contributed by atoms with Gasteiger partial charge < -0.3 is 5.11 Å². The molecule has 0 radical (unpaired) electrons. The van der Waals surface area contributed by atoms with Crippen molar-refractivity contribution < 1.29 is 18.9 Å². The molecule has 1 aromatic rings. The first-order chi connectivity index (χ1) is 12.3. The van der Waals surface area contributed by atoms with Crippen molar-refractivity contribution in [2.45, 2.75) is 52.4 Å². The quantitative estimate of drug-likeness (QED) is 0.477. The lowest BCUT2D eigenvalue weighted by molar-refractivity contribution is -0.123. The van der Waals surface area contributed by atoms with Crippen LogP contribution in [0.5, 0.6) is 0 Å². The molecule has 2 aliphatic rings. The van der Waals surface area contributed by atoms with Gasteiger partial charge in [-0.25, -0.2) is 4.21 Å². The van der Waals surface area contributed by atoms with Crippen molar-refractivity contribution in [1.82, 2.24) is 0 Å². The Bertz CT molecular complexity index is 890. The zero-order chi connectivity index (χ0) is 18.9. The number of carbonyl (C=O) groups excluding carboxylic acids is 2. The molecule has 0 unspecified atom stereocenters. The molecule has 5 nitrogen and oxygen atoms in total. The summed E-state index contributed by atoms with van der Waals surface area (Å²) >= 11 is 0. The van der Waals surface area contributed by atoms with Gasteiger partial charge in [0.1, 0.15) is 11.3 Å². The highest BCUT2D eigenvalue weighted by Gasteiger charge is 2.28. The first kappa shape index (κ1) is 18.8. The molecular weight excluding hydrogens is 350 g/mol. The molecular formula is C20H25NO4S. The topological polar surface area (TPSA) is 83.8 Å². The number of Topliss-reactive ketones (excluding diaryl/α,β-unsaturated/α-hetero) is 2. The van der Waals surface area contributed by atoms with Crippen molar-refractivity contribution in [3.63, 3.8) is 0 Å². The molecule has 2 fully saturated rings. The molecule has 1 heterocycles. The normalized spacial score (nSPS) is 20.2. The Morgan fingerprint density at radius 1 is 1.00 bits per heavy atom. The lowest BCUT2D eigenvalue weighted by atomic mass is 9.88. The second-order valence-electron chi connectivity index (χ2n) is 7.16. The van der Waals surface area contributed by atoms with Crippen molar-refractivity contribution in [2.75, 3.05) is 11.5 Å². The number of ketones is 2. The van der Waals surface area contributed by atoms with E-state index in [-0.39, 0.29) is 35.7 Å². The highest BCUT2D eigenvalue weighted by atomic mass is 32.2. The third-order valence-electron chi connectivity index (χ3n) is 5.17. The lowest BCUT2D eigenvalue weighted by Crippen LogP contribution is -2.20. The number of benzene rings is 1. The van der Waals surface area contributed by atoms with Crippen LogP contribution in [0, 0.1) is 13.8 Å². The molecule has 1 N–H and O–H groups in total. The summed E-state index contributed by atoms with van der Waals surface area (Å²) in [4.78, 5) is 24.3. The number of hydrogen-bond acceptors (Lipinski definition) is 5. The van der Waals surface area contributed by atoms with E-state index in [1.54, 1.807) is 19.1 Å². The van der Waals surface area contributed by atoms with Crippen LogP contribution < -0.4 is 0 Å². The molecule has 0 bridgehead atoms. The summed E-state index contributed by atoms with van der Waals surface area (Å²) in [6, 6.07) is 3.50. The van der Waals surface area contributed by atoms with E-state index in [9.17, 15) is 18.9 Å². The zero-order valence-corrected chi connectivity index (χ0v) is 16.2. The smallest absolute Gasteiger partial charge is 0.170 e. The fourth-order valence-corrected chi connectivity index (χ4v) is 5.95. The van der Waals surface area contributed by atoms with E-state index in [1.807, 2.05) is 6.92 Å². The maximum absolute atomic E-state index is 13.0. The van der Waals surface area contributed by atoms with Gasteiger partial charge in [0.05, 0.1) is 15.4 Å². The van der Waals surface area contributed by atoms with Gasteiger partial charge >= 0.3 is 0 Å². The van der Waals surface area contributed by atoms with Crippen molar-refractivity contribution >= 4 is 32.7 Å². The van der Waals surface area contributed by atoms with Crippen LogP contribution in [-0.4, -0.2) is 32.4 Å². The van der Waals surface area contributed by atoms with Gasteiger partial charge in [-0.05, 0) is 44.2 Å². The van der Waals surface area contributed by atoms with Crippen LogP contribution in [0.3, 0.4) is 0 Å². The third kappa shape index (κ3) is 3.61. The van der Waals surface area contributed by atoms with Crippen LogP contribution in [0.1, 0.15) is 55.2 Å². The molecule has 1 aliphatic heterocycles. The Labute approximate surface area is 154 Å². The minimum absolute atomic E-state index is 0.101. The Morgan fingerprint density at radius 3 is 2.23 bits per heavy atom. The Hall–Kier alpha value is -1.95. The molecule has 0 atom stereocenters. The predicted molar refractivity (Wildman–Crippen MR) is 103 cm³/mol. The number of aryl methyl sites for hydroxylation is 1. The van der Waals surface area contributed by atoms with Gasteiger partial charge in [0.2, 0.25) is 0 Å².